The van der Waals surface area contributed by atoms with E-state index >= 15 is 0 Å². The molecule has 2 heterocycles. The van der Waals surface area contributed by atoms with Crippen molar-refractivity contribution in [2.45, 2.75) is 19.4 Å². The van der Waals surface area contributed by atoms with Gasteiger partial charge in [0.15, 0.2) is 0 Å². The van der Waals surface area contributed by atoms with Gasteiger partial charge in [0.05, 0.1) is 0 Å². The Hall–Kier alpha value is -1.62. The van der Waals surface area contributed by atoms with Gasteiger partial charge >= 0.3 is 0 Å². The fraction of sp³-hybridized carbons (Fsp3) is 0.385. The van der Waals surface area contributed by atoms with E-state index in [2.05, 4.69) is 39.7 Å². The van der Waals surface area contributed by atoms with Crippen LogP contribution in [0.2, 0.25) is 0 Å². The van der Waals surface area contributed by atoms with Crippen LogP contribution in [0.15, 0.2) is 29.8 Å². The number of rotatable bonds is 5. The monoisotopic (exact) mass is 262 g/mol. The van der Waals surface area contributed by atoms with Gasteiger partial charge in [0, 0.05) is 37.6 Å². The van der Waals surface area contributed by atoms with Gasteiger partial charge in [-0.05, 0) is 24.4 Å². The summed E-state index contributed by atoms with van der Waals surface area (Å²) in [6.45, 7) is 2.16. The van der Waals surface area contributed by atoms with Crippen LogP contribution >= 0.6 is 11.3 Å². The van der Waals surface area contributed by atoms with E-state index in [1.54, 1.807) is 17.5 Å². The number of thiophene rings is 1. The Bertz CT molecular complexity index is 481. The normalized spacial score (nSPS) is 12.2. The number of anilines is 2. The third kappa shape index (κ3) is 3.43. The summed E-state index contributed by atoms with van der Waals surface area (Å²) in [5, 5.41) is 5.51. The summed E-state index contributed by atoms with van der Waals surface area (Å²) in [4.78, 5) is 11.9. The Morgan fingerprint density at radius 3 is 2.89 bits per heavy atom. The SMILES string of the molecule is CC(Cc1cccs1)Nc1ccnc(N(C)C)n1. The molecule has 0 fully saturated rings. The van der Waals surface area contributed by atoms with Crippen LogP contribution in [0.25, 0.3) is 0 Å². The lowest BCUT2D eigenvalue weighted by Gasteiger charge is -2.15. The van der Waals surface area contributed by atoms with Crippen molar-refractivity contribution >= 4 is 23.1 Å². The standard InChI is InChI=1S/C13H18N4S/c1-10(9-11-5-4-8-18-11)15-12-6-7-14-13(16-12)17(2)3/h4-8,10H,9H2,1-3H3,(H,14,15,16). The molecule has 0 aliphatic rings. The lowest BCUT2D eigenvalue weighted by Crippen LogP contribution is -2.20. The van der Waals surface area contributed by atoms with Crippen molar-refractivity contribution in [1.82, 2.24) is 9.97 Å². The second-order valence-corrected chi connectivity index (χ2v) is 5.50. The largest absolute Gasteiger partial charge is 0.367 e. The zero-order chi connectivity index (χ0) is 13.0. The molecule has 0 aliphatic carbocycles. The molecular weight excluding hydrogens is 244 g/mol. The van der Waals surface area contributed by atoms with E-state index in [-0.39, 0.29) is 0 Å². The fourth-order valence-electron chi connectivity index (χ4n) is 1.68. The molecule has 0 aromatic carbocycles. The summed E-state index contributed by atoms with van der Waals surface area (Å²) in [6.07, 6.45) is 2.79. The van der Waals surface area contributed by atoms with Crippen LogP contribution in [0.1, 0.15) is 11.8 Å². The van der Waals surface area contributed by atoms with Crippen molar-refractivity contribution in [3.05, 3.63) is 34.7 Å². The predicted octanol–water partition coefficient (Wildman–Crippen LogP) is 2.65. The van der Waals surface area contributed by atoms with Crippen molar-refractivity contribution in [2.75, 3.05) is 24.3 Å². The molecule has 2 aromatic rings. The molecule has 0 radical (unpaired) electrons. The quantitative estimate of drug-likeness (QED) is 0.899. The molecule has 4 nitrogen and oxygen atoms in total. The van der Waals surface area contributed by atoms with Crippen LogP contribution in [0.5, 0.6) is 0 Å². The summed E-state index contributed by atoms with van der Waals surface area (Å²) in [7, 11) is 3.88. The summed E-state index contributed by atoms with van der Waals surface area (Å²) < 4.78 is 0. The van der Waals surface area contributed by atoms with Crippen molar-refractivity contribution in [3.63, 3.8) is 0 Å². The third-order valence-electron chi connectivity index (χ3n) is 2.52. The number of nitrogens with zero attached hydrogens (tertiary/aromatic N) is 3. The summed E-state index contributed by atoms with van der Waals surface area (Å²) in [5.74, 6) is 1.60. The smallest absolute Gasteiger partial charge is 0.226 e. The van der Waals surface area contributed by atoms with Crippen molar-refractivity contribution in [3.8, 4) is 0 Å². The highest BCUT2D eigenvalue weighted by Gasteiger charge is 2.06. The lowest BCUT2D eigenvalue weighted by atomic mass is 10.2. The molecule has 96 valence electrons. The first-order chi connectivity index (χ1) is 8.65. The van der Waals surface area contributed by atoms with E-state index in [1.165, 1.54) is 4.88 Å². The minimum absolute atomic E-state index is 0.355. The molecule has 1 atom stereocenters. The summed E-state index contributed by atoms with van der Waals surface area (Å²) in [5.41, 5.74) is 0. The molecule has 1 N–H and O–H groups in total. The number of hydrogen-bond donors (Lipinski definition) is 1. The van der Waals surface area contributed by atoms with Gasteiger partial charge in [-0.3, -0.25) is 0 Å². The van der Waals surface area contributed by atoms with Gasteiger partial charge in [0.1, 0.15) is 5.82 Å². The number of nitrogens with one attached hydrogen (secondary N) is 1. The second kappa shape index (κ2) is 5.82. The van der Waals surface area contributed by atoms with E-state index in [9.17, 15) is 0 Å². The van der Waals surface area contributed by atoms with E-state index in [0.717, 1.165) is 18.2 Å². The Labute approximate surface area is 112 Å². The van der Waals surface area contributed by atoms with E-state index in [4.69, 9.17) is 0 Å². The molecule has 0 spiro atoms. The predicted molar refractivity (Wildman–Crippen MR) is 77.5 cm³/mol. The Morgan fingerprint density at radius 1 is 1.39 bits per heavy atom. The van der Waals surface area contributed by atoms with E-state index < -0.39 is 0 Å². The molecule has 0 saturated heterocycles. The number of hydrogen-bond acceptors (Lipinski definition) is 5. The van der Waals surface area contributed by atoms with Gasteiger partial charge in [0.25, 0.3) is 0 Å². The third-order valence-corrected chi connectivity index (χ3v) is 3.42. The minimum Gasteiger partial charge on any atom is -0.367 e. The van der Waals surface area contributed by atoms with Crippen molar-refractivity contribution in [1.29, 1.82) is 0 Å². The highest BCUT2D eigenvalue weighted by Crippen LogP contribution is 2.14. The molecule has 0 amide bonds. The fourth-order valence-corrected chi connectivity index (χ4v) is 2.51. The van der Waals surface area contributed by atoms with Gasteiger partial charge in [-0.1, -0.05) is 6.07 Å². The van der Waals surface area contributed by atoms with E-state index in [0.29, 0.717) is 6.04 Å². The Kier molecular flexibility index (Phi) is 4.15. The van der Waals surface area contributed by atoms with Gasteiger partial charge in [-0.25, -0.2) is 4.98 Å². The zero-order valence-electron chi connectivity index (χ0n) is 10.9. The maximum Gasteiger partial charge on any atom is 0.226 e. The maximum atomic E-state index is 4.45. The average molecular weight is 262 g/mol. The average Bonchev–Trinajstić information content (AvgIpc) is 2.82. The van der Waals surface area contributed by atoms with E-state index in [1.807, 2.05) is 25.1 Å². The molecule has 0 aliphatic heterocycles. The topological polar surface area (TPSA) is 41.1 Å². The Balaban J connectivity index is 1.98. The first-order valence-electron chi connectivity index (χ1n) is 5.94. The summed E-state index contributed by atoms with van der Waals surface area (Å²) >= 11 is 1.79. The molecule has 2 aromatic heterocycles. The van der Waals surface area contributed by atoms with Crippen LogP contribution in [0, 0.1) is 0 Å². The molecule has 0 saturated carbocycles. The highest BCUT2D eigenvalue weighted by molar-refractivity contribution is 7.09. The van der Waals surface area contributed by atoms with Crippen LogP contribution in [-0.4, -0.2) is 30.1 Å². The Morgan fingerprint density at radius 2 is 2.22 bits per heavy atom. The molecule has 18 heavy (non-hydrogen) atoms. The van der Waals surface area contributed by atoms with Crippen LogP contribution < -0.4 is 10.2 Å². The number of aromatic nitrogens is 2. The molecule has 5 heteroatoms. The van der Waals surface area contributed by atoms with Gasteiger partial charge in [-0.15, -0.1) is 11.3 Å². The lowest BCUT2D eigenvalue weighted by molar-refractivity contribution is 0.792. The van der Waals surface area contributed by atoms with Crippen LogP contribution in [0.4, 0.5) is 11.8 Å². The van der Waals surface area contributed by atoms with Crippen LogP contribution in [0.3, 0.4) is 0 Å². The molecule has 2 rings (SSSR count). The van der Waals surface area contributed by atoms with Gasteiger partial charge < -0.3 is 10.2 Å². The zero-order valence-corrected chi connectivity index (χ0v) is 11.7. The highest BCUT2D eigenvalue weighted by atomic mass is 32.1. The van der Waals surface area contributed by atoms with Crippen molar-refractivity contribution < 1.29 is 0 Å². The minimum atomic E-state index is 0.355. The molecule has 0 bridgehead atoms. The molecule has 1 unspecified atom stereocenters. The summed E-state index contributed by atoms with van der Waals surface area (Å²) in [6, 6.07) is 6.50. The first-order valence-corrected chi connectivity index (χ1v) is 6.82. The first kappa shape index (κ1) is 12.8. The van der Waals surface area contributed by atoms with Crippen LogP contribution in [-0.2, 0) is 6.42 Å². The maximum absolute atomic E-state index is 4.45. The van der Waals surface area contributed by atoms with Gasteiger partial charge in [-0.2, -0.15) is 4.98 Å². The van der Waals surface area contributed by atoms with Gasteiger partial charge in [0.2, 0.25) is 5.95 Å². The van der Waals surface area contributed by atoms with Crippen molar-refractivity contribution in [2.24, 2.45) is 0 Å². The molecular formula is C13H18N4S. The second-order valence-electron chi connectivity index (χ2n) is 4.47.